The summed E-state index contributed by atoms with van der Waals surface area (Å²) in [6.07, 6.45) is 3.52. The summed E-state index contributed by atoms with van der Waals surface area (Å²) in [5.41, 5.74) is 0.924. The van der Waals surface area contributed by atoms with E-state index in [1.165, 1.54) is 15.6 Å². The molecular weight excluding hydrogens is 396 g/mol. The molecule has 0 aliphatic carbocycles. The van der Waals surface area contributed by atoms with Crippen molar-refractivity contribution >= 4 is 32.4 Å². The fourth-order valence-electron chi connectivity index (χ4n) is 3.08. The molecule has 0 unspecified atom stereocenters. The quantitative estimate of drug-likeness (QED) is 0.706. The van der Waals surface area contributed by atoms with Gasteiger partial charge in [-0.2, -0.15) is 4.31 Å². The normalized spacial score (nSPS) is 15.2. The van der Waals surface area contributed by atoms with Crippen LogP contribution in [0.15, 0.2) is 29.2 Å². The molecule has 2 aromatic rings. The Balaban J connectivity index is 1.51. The van der Waals surface area contributed by atoms with Gasteiger partial charge in [-0.3, -0.25) is 4.79 Å². The summed E-state index contributed by atoms with van der Waals surface area (Å²) in [6.45, 7) is 5.41. The summed E-state index contributed by atoms with van der Waals surface area (Å²) >= 11 is 1.40. The summed E-state index contributed by atoms with van der Waals surface area (Å²) < 4.78 is 26.6. The third kappa shape index (κ3) is 5.36. The lowest BCUT2D eigenvalue weighted by Crippen LogP contribution is -2.27. The molecule has 0 bridgehead atoms. The predicted molar refractivity (Wildman–Crippen MR) is 110 cm³/mol. The Morgan fingerprint density at radius 1 is 1.18 bits per heavy atom. The zero-order chi connectivity index (χ0) is 20.1. The van der Waals surface area contributed by atoms with Crippen molar-refractivity contribution in [2.24, 2.45) is 5.92 Å². The number of sulfonamides is 1. The zero-order valence-electron chi connectivity index (χ0n) is 16.2. The number of hydrogen-bond acceptors (Lipinski definition) is 6. The van der Waals surface area contributed by atoms with Gasteiger partial charge in [-0.15, -0.1) is 10.2 Å². The molecule has 1 aromatic carbocycles. The van der Waals surface area contributed by atoms with Crippen LogP contribution in [0.5, 0.6) is 0 Å². The molecule has 1 fully saturated rings. The van der Waals surface area contributed by atoms with Crippen molar-refractivity contribution in [2.75, 3.05) is 18.4 Å². The zero-order valence-corrected chi connectivity index (χ0v) is 17.9. The first-order valence-electron chi connectivity index (χ1n) is 9.56. The van der Waals surface area contributed by atoms with E-state index >= 15 is 0 Å². The molecule has 7 nitrogen and oxygen atoms in total. The Kier molecular flexibility index (Phi) is 6.79. The van der Waals surface area contributed by atoms with Crippen LogP contribution in [-0.4, -0.2) is 41.9 Å². The first-order valence-corrected chi connectivity index (χ1v) is 11.8. The molecule has 1 aliphatic heterocycles. The van der Waals surface area contributed by atoms with E-state index in [2.05, 4.69) is 29.4 Å². The monoisotopic (exact) mass is 422 g/mol. The lowest BCUT2D eigenvalue weighted by molar-refractivity contribution is -0.116. The van der Waals surface area contributed by atoms with Gasteiger partial charge < -0.3 is 5.32 Å². The molecule has 1 aromatic heterocycles. The van der Waals surface area contributed by atoms with Crippen LogP contribution in [0, 0.1) is 5.92 Å². The van der Waals surface area contributed by atoms with Crippen LogP contribution in [-0.2, 0) is 27.7 Å². The van der Waals surface area contributed by atoms with Crippen LogP contribution < -0.4 is 5.32 Å². The highest BCUT2D eigenvalue weighted by Gasteiger charge is 2.26. The highest BCUT2D eigenvalue weighted by molar-refractivity contribution is 7.89. The number of carbonyl (C=O) groups is 1. The molecule has 1 N–H and O–H groups in total. The van der Waals surface area contributed by atoms with E-state index in [1.807, 2.05) is 0 Å². The SMILES string of the molecule is CC(C)Cc1nnc(NC(=O)CCc2ccc(S(=O)(=O)N3CCCC3)cc2)s1. The van der Waals surface area contributed by atoms with Crippen LogP contribution >= 0.6 is 11.3 Å². The highest BCUT2D eigenvalue weighted by Crippen LogP contribution is 2.22. The van der Waals surface area contributed by atoms with Gasteiger partial charge in [0.05, 0.1) is 4.90 Å². The number of aromatic nitrogens is 2. The fourth-order valence-corrected chi connectivity index (χ4v) is 5.57. The third-order valence-electron chi connectivity index (χ3n) is 4.56. The maximum Gasteiger partial charge on any atom is 0.243 e. The molecule has 2 heterocycles. The molecular formula is C19H26N4O3S2. The number of aryl methyl sites for hydroxylation is 1. The van der Waals surface area contributed by atoms with Crippen molar-refractivity contribution in [2.45, 2.75) is 50.8 Å². The number of anilines is 1. The van der Waals surface area contributed by atoms with Gasteiger partial charge in [-0.1, -0.05) is 37.3 Å². The molecule has 1 saturated heterocycles. The summed E-state index contributed by atoms with van der Waals surface area (Å²) in [5, 5.41) is 12.3. The highest BCUT2D eigenvalue weighted by atomic mass is 32.2. The van der Waals surface area contributed by atoms with Crippen LogP contribution in [0.3, 0.4) is 0 Å². The molecule has 0 spiro atoms. The maximum absolute atomic E-state index is 12.5. The number of rotatable bonds is 8. The van der Waals surface area contributed by atoms with E-state index in [1.54, 1.807) is 24.3 Å². The van der Waals surface area contributed by atoms with Gasteiger partial charge in [-0.25, -0.2) is 8.42 Å². The van der Waals surface area contributed by atoms with Crippen molar-refractivity contribution in [1.29, 1.82) is 0 Å². The number of nitrogens with zero attached hydrogens (tertiary/aromatic N) is 3. The van der Waals surface area contributed by atoms with Crippen molar-refractivity contribution in [3.8, 4) is 0 Å². The number of carbonyl (C=O) groups excluding carboxylic acids is 1. The average Bonchev–Trinajstić information content (AvgIpc) is 3.32. The van der Waals surface area contributed by atoms with E-state index in [9.17, 15) is 13.2 Å². The molecule has 3 rings (SSSR count). The first kappa shape index (κ1) is 20.9. The molecule has 0 atom stereocenters. The van der Waals surface area contributed by atoms with Gasteiger partial charge in [0.15, 0.2) is 0 Å². The number of amides is 1. The second kappa shape index (κ2) is 9.11. The number of hydrogen-bond donors (Lipinski definition) is 1. The number of nitrogens with one attached hydrogen (secondary N) is 1. The van der Waals surface area contributed by atoms with Crippen LogP contribution in [0.25, 0.3) is 0 Å². The second-order valence-corrected chi connectivity index (χ2v) is 10.4. The average molecular weight is 423 g/mol. The summed E-state index contributed by atoms with van der Waals surface area (Å²) in [5.74, 6) is 0.370. The van der Waals surface area contributed by atoms with E-state index in [0.29, 0.717) is 41.9 Å². The van der Waals surface area contributed by atoms with Gasteiger partial charge in [0.25, 0.3) is 0 Å². The van der Waals surface area contributed by atoms with E-state index in [0.717, 1.165) is 29.8 Å². The Hall–Kier alpha value is -1.84. The van der Waals surface area contributed by atoms with Crippen LogP contribution in [0.4, 0.5) is 5.13 Å². The topological polar surface area (TPSA) is 92.3 Å². The minimum Gasteiger partial charge on any atom is -0.301 e. The molecule has 0 saturated carbocycles. The van der Waals surface area contributed by atoms with Gasteiger partial charge in [0, 0.05) is 25.9 Å². The fraction of sp³-hybridized carbons (Fsp3) is 0.526. The minimum absolute atomic E-state index is 0.124. The van der Waals surface area contributed by atoms with Crippen molar-refractivity contribution in [3.05, 3.63) is 34.8 Å². The molecule has 1 aliphatic rings. The van der Waals surface area contributed by atoms with E-state index < -0.39 is 10.0 Å². The lowest BCUT2D eigenvalue weighted by Gasteiger charge is -2.15. The van der Waals surface area contributed by atoms with Gasteiger partial charge in [0.1, 0.15) is 5.01 Å². The van der Waals surface area contributed by atoms with Crippen LogP contribution in [0.2, 0.25) is 0 Å². The van der Waals surface area contributed by atoms with Crippen molar-refractivity contribution in [3.63, 3.8) is 0 Å². The lowest BCUT2D eigenvalue weighted by atomic mass is 10.1. The van der Waals surface area contributed by atoms with Crippen molar-refractivity contribution < 1.29 is 13.2 Å². The van der Waals surface area contributed by atoms with E-state index in [-0.39, 0.29) is 5.91 Å². The summed E-state index contributed by atoms with van der Waals surface area (Å²) in [4.78, 5) is 12.5. The molecule has 0 radical (unpaired) electrons. The molecule has 1 amide bonds. The summed E-state index contributed by atoms with van der Waals surface area (Å²) in [6, 6.07) is 6.82. The second-order valence-electron chi connectivity index (χ2n) is 7.40. The summed E-state index contributed by atoms with van der Waals surface area (Å²) in [7, 11) is -3.39. The Bertz CT molecular complexity index is 902. The van der Waals surface area contributed by atoms with Crippen LogP contribution in [0.1, 0.15) is 43.7 Å². The molecule has 28 heavy (non-hydrogen) atoms. The van der Waals surface area contributed by atoms with E-state index in [4.69, 9.17) is 0 Å². The molecule has 152 valence electrons. The predicted octanol–water partition coefficient (Wildman–Crippen LogP) is 3.09. The standard InChI is InChI=1S/C19H26N4O3S2/c1-14(2)13-18-21-22-19(27-18)20-17(24)10-7-15-5-8-16(9-6-15)28(25,26)23-11-3-4-12-23/h5-6,8-9,14H,3-4,7,10-13H2,1-2H3,(H,20,22,24). The Morgan fingerprint density at radius 2 is 1.86 bits per heavy atom. The van der Waals surface area contributed by atoms with Crippen molar-refractivity contribution in [1.82, 2.24) is 14.5 Å². The first-order chi connectivity index (χ1) is 13.3. The maximum atomic E-state index is 12.5. The Labute approximate surface area is 170 Å². The van der Waals surface area contributed by atoms with Gasteiger partial charge in [0.2, 0.25) is 21.1 Å². The largest absolute Gasteiger partial charge is 0.301 e. The van der Waals surface area contributed by atoms with Gasteiger partial charge >= 0.3 is 0 Å². The third-order valence-corrected chi connectivity index (χ3v) is 7.34. The minimum atomic E-state index is -3.39. The molecule has 9 heteroatoms. The number of benzene rings is 1. The smallest absolute Gasteiger partial charge is 0.243 e. The Morgan fingerprint density at radius 3 is 2.50 bits per heavy atom. The van der Waals surface area contributed by atoms with Gasteiger partial charge in [-0.05, 0) is 42.9 Å².